The van der Waals surface area contributed by atoms with E-state index in [0.717, 1.165) is 6.20 Å². The molecule has 0 radical (unpaired) electrons. The first kappa shape index (κ1) is 14.8. The molecule has 0 saturated carbocycles. The summed E-state index contributed by atoms with van der Waals surface area (Å²) in [5, 5.41) is 24.9. The van der Waals surface area contributed by atoms with Crippen molar-refractivity contribution in [1.82, 2.24) is 15.2 Å². The molecule has 21 heavy (non-hydrogen) atoms. The second-order valence-corrected chi connectivity index (χ2v) is 5.14. The molecule has 0 saturated heterocycles. The summed E-state index contributed by atoms with van der Waals surface area (Å²) in [5.74, 6) is -0.235. The van der Waals surface area contributed by atoms with Crippen molar-refractivity contribution in [2.24, 2.45) is 0 Å². The Balaban J connectivity index is 2.32. The van der Waals surface area contributed by atoms with Crippen LogP contribution in [-0.2, 0) is 0 Å². The standard InChI is InChI=1S/C11H12N6O3S/c1-3-12-9-4-7(8(5-13-9)17(19)20)10(18)14-11-16-15-6(2)21-11/h4-5H,3H2,1-2H3,(H,12,13)(H,14,16,18). The number of anilines is 2. The second kappa shape index (κ2) is 6.22. The van der Waals surface area contributed by atoms with Crippen molar-refractivity contribution in [2.75, 3.05) is 17.2 Å². The molecule has 2 N–H and O–H groups in total. The summed E-state index contributed by atoms with van der Waals surface area (Å²) in [7, 11) is 0. The number of pyridine rings is 1. The van der Waals surface area contributed by atoms with Gasteiger partial charge in [-0.3, -0.25) is 20.2 Å². The molecule has 2 aromatic rings. The van der Waals surface area contributed by atoms with Gasteiger partial charge in [0.2, 0.25) is 5.13 Å². The van der Waals surface area contributed by atoms with Crippen LogP contribution in [0.3, 0.4) is 0 Å². The van der Waals surface area contributed by atoms with Crippen LogP contribution in [0.2, 0.25) is 0 Å². The lowest BCUT2D eigenvalue weighted by Crippen LogP contribution is -2.15. The Labute approximate surface area is 123 Å². The van der Waals surface area contributed by atoms with Gasteiger partial charge in [-0.2, -0.15) is 0 Å². The number of nitro groups is 1. The van der Waals surface area contributed by atoms with Gasteiger partial charge < -0.3 is 5.32 Å². The van der Waals surface area contributed by atoms with E-state index in [4.69, 9.17) is 0 Å². The number of aromatic nitrogens is 3. The summed E-state index contributed by atoms with van der Waals surface area (Å²) in [6.45, 7) is 4.18. The number of nitrogens with zero attached hydrogens (tertiary/aromatic N) is 4. The zero-order valence-electron chi connectivity index (χ0n) is 11.3. The molecule has 0 aliphatic rings. The zero-order valence-corrected chi connectivity index (χ0v) is 12.1. The minimum absolute atomic E-state index is 0.0844. The Bertz CT molecular complexity index is 686. The van der Waals surface area contributed by atoms with Crippen LogP contribution in [0.25, 0.3) is 0 Å². The Morgan fingerprint density at radius 1 is 1.48 bits per heavy atom. The van der Waals surface area contributed by atoms with Crippen molar-refractivity contribution in [3.05, 3.63) is 32.9 Å². The quantitative estimate of drug-likeness (QED) is 0.638. The molecule has 0 spiro atoms. The number of carbonyl (C=O) groups is 1. The van der Waals surface area contributed by atoms with E-state index in [9.17, 15) is 14.9 Å². The molecular weight excluding hydrogens is 296 g/mol. The van der Waals surface area contributed by atoms with Gasteiger partial charge in [0.05, 0.1) is 4.92 Å². The van der Waals surface area contributed by atoms with Gasteiger partial charge in [0.15, 0.2) is 0 Å². The molecule has 0 bridgehead atoms. The lowest BCUT2D eigenvalue weighted by molar-refractivity contribution is -0.385. The van der Waals surface area contributed by atoms with E-state index in [2.05, 4.69) is 25.8 Å². The molecule has 10 heteroatoms. The molecule has 0 aromatic carbocycles. The summed E-state index contributed by atoms with van der Waals surface area (Å²) in [6, 6.07) is 1.34. The van der Waals surface area contributed by atoms with Gasteiger partial charge in [-0.05, 0) is 13.8 Å². The molecule has 0 aliphatic carbocycles. The summed E-state index contributed by atoms with van der Waals surface area (Å²) < 4.78 is 0. The highest BCUT2D eigenvalue weighted by Crippen LogP contribution is 2.22. The first-order valence-corrected chi connectivity index (χ1v) is 6.82. The molecule has 2 heterocycles. The van der Waals surface area contributed by atoms with Gasteiger partial charge in [-0.25, -0.2) is 4.98 Å². The first-order chi connectivity index (χ1) is 10.0. The number of hydrogen-bond acceptors (Lipinski definition) is 8. The fourth-order valence-corrected chi connectivity index (χ4v) is 2.15. The van der Waals surface area contributed by atoms with Crippen molar-refractivity contribution >= 4 is 33.9 Å². The highest BCUT2D eigenvalue weighted by atomic mass is 32.1. The van der Waals surface area contributed by atoms with Gasteiger partial charge in [-0.1, -0.05) is 11.3 Å². The van der Waals surface area contributed by atoms with Gasteiger partial charge in [0.1, 0.15) is 22.6 Å². The van der Waals surface area contributed by atoms with Gasteiger partial charge in [0.25, 0.3) is 11.6 Å². The zero-order chi connectivity index (χ0) is 15.4. The third-order valence-electron chi connectivity index (χ3n) is 2.43. The maximum atomic E-state index is 12.2. The minimum atomic E-state index is -0.650. The Morgan fingerprint density at radius 2 is 2.24 bits per heavy atom. The van der Waals surface area contributed by atoms with Gasteiger partial charge >= 0.3 is 0 Å². The number of aryl methyl sites for hydroxylation is 1. The molecule has 0 atom stereocenters. The SMILES string of the molecule is CCNc1cc(C(=O)Nc2nnc(C)s2)c([N+](=O)[O-])cn1. The predicted octanol–water partition coefficient (Wildman–Crippen LogP) is 1.83. The van der Waals surface area contributed by atoms with E-state index in [1.807, 2.05) is 6.92 Å². The van der Waals surface area contributed by atoms with Crippen LogP contribution in [-0.4, -0.2) is 32.6 Å². The normalized spacial score (nSPS) is 10.2. The molecule has 1 amide bonds. The monoisotopic (exact) mass is 308 g/mol. The maximum absolute atomic E-state index is 12.2. The van der Waals surface area contributed by atoms with E-state index < -0.39 is 10.8 Å². The van der Waals surface area contributed by atoms with Crippen molar-refractivity contribution in [3.63, 3.8) is 0 Å². The lowest BCUT2D eigenvalue weighted by Gasteiger charge is -2.06. The van der Waals surface area contributed by atoms with E-state index >= 15 is 0 Å². The number of amides is 1. The van der Waals surface area contributed by atoms with Crippen LogP contribution in [0.4, 0.5) is 16.6 Å². The van der Waals surface area contributed by atoms with E-state index in [1.54, 1.807) is 6.92 Å². The summed E-state index contributed by atoms with van der Waals surface area (Å²) in [6.07, 6.45) is 1.05. The highest BCUT2D eigenvalue weighted by Gasteiger charge is 2.22. The number of hydrogen-bond donors (Lipinski definition) is 2. The van der Waals surface area contributed by atoms with Crippen LogP contribution in [0.5, 0.6) is 0 Å². The Morgan fingerprint density at radius 3 is 2.81 bits per heavy atom. The maximum Gasteiger partial charge on any atom is 0.300 e. The first-order valence-electron chi connectivity index (χ1n) is 6.01. The van der Waals surface area contributed by atoms with Crippen LogP contribution in [0, 0.1) is 17.0 Å². The van der Waals surface area contributed by atoms with E-state index in [1.165, 1.54) is 17.4 Å². The molecule has 0 fully saturated rings. The predicted molar refractivity (Wildman–Crippen MR) is 77.7 cm³/mol. The molecule has 2 aromatic heterocycles. The Kier molecular flexibility index (Phi) is 4.38. The molecule has 2 rings (SSSR count). The fourth-order valence-electron chi connectivity index (χ4n) is 1.56. The van der Waals surface area contributed by atoms with Crippen molar-refractivity contribution in [1.29, 1.82) is 0 Å². The van der Waals surface area contributed by atoms with E-state index in [0.29, 0.717) is 17.4 Å². The molecule has 0 aliphatic heterocycles. The van der Waals surface area contributed by atoms with Crippen LogP contribution >= 0.6 is 11.3 Å². The highest BCUT2D eigenvalue weighted by molar-refractivity contribution is 7.15. The van der Waals surface area contributed by atoms with Crippen LogP contribution in [0.1, 0.15) is 22.3 Å². The smallest absolute Gasteiger partial charge is 0.300 e. The molecule has 0 unspecified atom stereocenters. The molecular formula is C11H12N6O3S. The molecule has 110 valence electrons. The van der Waals surface area contributed by atoms with Crippen LogP contribution < -0.4 is 10.6 Å². The summed E-state index contributed by atoms with van der Waals surface area (Å²) in [4.78, 5) is 26.4. The second-order valence-electron chi connectivity index (χ2n) is 3.95. The average molecular weight is 308 g/mol. The van der Waals surface area contributed by atoms with Crippen molar-refractivity contribution in [3.8, 4) is 0 Å². The number of rotatable bonds is 5. The summed E-state index contributed by atoms with van der Waals surface area (Å²) in [5.41, 5.74) is -0.450. The average Bonchev–Trinajstić information content (AvgIpc) is 2.84. The van der Waals surface area contributed by atoms with Crippen molar-refractivity contribution < 1.29 is 9.72 Å². The van der Waals surface area contributed by atoms with Crippen LogP contribution in [0.15, 0.2) is 12.3 Å². The minimum Gasteiger partial charge on any atom is -0.370 e. The molecule has 9 nitrogen and oxygen atoms in total. The lowest BCUT2D eigenvalue weighted by atomic mass is 10.2. The fraction of sp³-hybridized carbons (Fsp3) is 0.273. The van der Waals surface area contributed by atoms with Gasteiger partial charge in [0, 0.05) is 12.6 Å². The van der Waals surface area contributed by atoms with Gasteiger partial charge in [-0.15, -0.1) is 10.2 Å². The number of nitrogens with one attached hydrogen (secondary N) is 2. The third kappa shape index (κ3) is 3.48. The van der Waals surface area contributed by atoms with Crippen molar-refractivity contribution in [2.45, 2.75) is 13.8 Å². The number of carbonyl (C=O) groups excluding carboxylic acids is 1. The topological polar surface area (TPSA) is 123 Å². The summed E-state index contributed by atoms with van der Waals surface area (Å²) >= 11 is 1.18. The Hall–Kier alpha value is -2.62. The van der Waals surface area contributed by atoms with E-state index in [-0.39, 0.29) is 16.4 Å². The third-order valence-corrected chi connectivity index (χ3v) is 3.18. The largest absolute Gasteiger partial charge is 0.370 e.